The van der Waals surface area contributed by atoms with Crippen molar-refractivity contribution in [1.29, 1.82) is 0 Å². The zero-order valence-electron chi connectivity index (χ0n) is 10.2. The number of nitrogens with zero attached hydrogens (tertiary/aromatic N) is 2. The van der Waals surface area contributed by atoms with Gasteiger partial charge in [-0.3, -0.25) is 19.7 Å². The smallest absolute Gasteiger partial charge is 0.335 e. The van der Waals surface area contributed by atoms with E-state index in [1.54, 1.807) is 0 Å². The minimum atomic E-state index is -1.32. The molecule has 1 aromatic carbocycles. The average molecular weight is 278 g/mol. The molecule has 0 spiro atoms. The largest absolute Gasteiger partial charge is 0.478 e. The van der Waals surface area contributed by atoms with Gasteiger partial charge in [-0.15, -0.1) is 0 Å². The molecule has 0 aromatic heterocycles. The molecule has 104 valence electrons. The van der Waals surface area contributed by atoms with E-state index >= 15 is 0 Å². The number of nitro groups is 1. The van der Waals surface area contributed by atoms with Crippen molar-refractivity contribution in [2.75, 3.05) is 4.90 Å². The number of piperidine rings is 1. The first kappa shape index (κ1) is 13.7. The number of carboxylic acid groups (broad SMARTS) is 1. The summed E-state index contributed by atoms with van der Waals surface area (Å²) in [6, 6.07) is 3.08. The minimum Gasteiger partial charge on any atom is -0.478 e. The Morgan fingerprint density at radius 1 is 1.25 bits per heavy atom. The van der Waals surface area contributed by atoms with Crippen molar-refractivity contribution in [2.24, 2.45) is 0 Å². The highest BCUT2D eigenvalue weighted by molar-refractivity contribution is 6.17. The van der Waals surface area contributed by atoms with Gasteiger partial charge in [0.05, 0.1) is 10.5 Å². The van der Waals surface area contributed by atoms with Crippen LogP contribution in [0.2, 0.25) is 0 Å². The normalized spacial score (nSPS) is 15.3. The van der Waals surface area contributed by atoms with E-state index < -0.39 is 28.4 Å². The number of anilines is 1. The Balaban J connectivity index is 2.55. The number of rotatable bonds is 3. The van der Waals surface area contributed by atoms with E-state index in [1.807, 2.05) is 0 Å². The van der Waals surface area contributed by atoms with E-state index in [9.17, 15) is 24.5 Å². The fourth-order valence-electron chi connectivity index (χ4n) is 2.01. The van der Waals surface area contributed by atoms with Crippen molar-refractivity contribution in [1.82, 2.24) is 0 Å². The van der Waals surface area contributed by atoms with E-state index in [2.05, 4.69) is 0 Å². The molecule has 0 radical (unpaired) electrons. The number of carbonyl (C=O) groups is 3. The van der Waals surface area contributed by atoms with Gasteiger partial charge in [-0.1, -0.05) is 0 Å². The summed E-state index contributed by atoms with van der Waals surface area (Å²) >= 11 is 0. The lowest BCUT2D eigenvalue weighted by Crippen LogP contribution is -2.40. The summed E-state index contributed by atoms with van der Waals surface area (Å²) in [5.41, 5.74) is -1.04. The van der Waals surface area contributed by atoms with Crippen molar-refractivity contribution in [2.45, 2.75) is 19.3 Å². The van der Waals surface area contributed by atoms with Crippen LogP contribution in [0.15, 0.2) is 18.2 Å². The third-order valence-corrected chi connectivity index (χ3v) is 2.94. The molecular formula is C12H10N2O6. The predicted octanol–water partition coefficient (Wildman–Crippen LogP) is 1.34. The van der Waals surface area contributed by atoms with Crippen LogP contribution in [0.4, 0.5) is 11.4 Å². The van der Waals surface area contributed by atoms with Gasteiger partial charge in [0.25, 0.3) is 5.69 Å². The molecule has 0 atom stereocenters. The first-order valence-electron chi connectivity index (χ1n) is 5.79. The first-order chi connectivity index (χ1) is 9.41. The molecule has 1 N–H and O–H groups in total. The van der Waals surface area contributed by atoms with Gasteiger partial charge in [0.1, 0.15) is 5.69 Å². The van der Waals surface area contributed by atoms with Crippen LogP contribution < -0.4 is 4.90 Å². The van der Waals surface area contributed by atoms with Crippen molar-refractivity contribution >= 4 is 29.2 Å². The number of benzene rings is 1. The van der Waals surface area contributed by atoms with Gasteiger partial charge >= 0.3 is 5.97 Å². The summed E-state index contributed by atoms with van der Waals surface area (Å²) in [5, 5.41) is 19.8. The van der Waals surface area contributed by atoms with E-state index in [0.717, 1.165) is 23.1 Å². The summed E-state index contributed by atoms with van der Waals surface area (Å²) in [5.74, 6) is -2.37. The lowest BCUT2D eigenvalue weighted by Gasteiger charge is -2.24. The Morgan fingerprint density at radius 3 is 2.35 bits per heavy atom. The highest BCUT2D eigenvalue weighted by Gasteiger charge is 2.32. The highest BCUT2D eigenvalue weighted by atomic mass is 16.6. The van der Waals surface area contributed by atoms with Crippen LogP contribution in [-0.2, 0) is 9.59 Å². The molecular weight excluding hydrogens is 268 g/mol. The second kappa shape index (κ2) is 5.08. The maximum atomic E-state index is 11.8. The molecule has 1 aliphatic heterocycles. The Kier molecular flexibility index (Phi) is 3.47. The Morgan fingerprint density at radius 2 is 1.85 bits per heavy atom. The maximum Gasteiger partial charge on any atom is 0.335 e. The minimum absolute atomic E-state index is 0.129. The summed E-state index contributed by atoms with van der Waals surface area (Å²) in [4.78, 5) is 45.3. The van der Waals surface area contributed by atoms with Crippen molar-refractivity contribution in [3.05, 3.63) is 33.9 Å². The number of aromatic carboxylic acids is 1. The van der Waals surface area contributed by atoms with Crippen LogP contribution in [0.5, 0.6) is 0 Å². The van der Waals surface area contributed by atoms with Crippen LogP contribution in [0, 0.1) is 10.1 Å². The fraction of sp³-hybridized carbons (Fsp3) is 0.250. The molecule has 2 amide bonds. The highest BCUT2D eigenvalue weighted by Crippen LogP contribution is 2.32. The van der Waals surface area contributed by atoms with Gasteiger partial charge in [-0.2, -0.15) is 0 Å². The van der Waals surface area contributed by atoms with Crippen molar-refractivity contribution < 1.29 is 24.4 Å². The van der Waals surface area contributed by atoms with Crippen LogP contribution in [-0.4, -0.2) is 27.8 Å². The summed E-state index contributed by atoms with van der Waals surface area (Å²) in [7, 11) is 0. The van der Waals surface area contributed by atoms with E-state index in [1.165, 1.54) is 0 Å². The number of carboxylic acids is 1. The average Bonchev–Trinajstić information content (AvgIpc) is 2.38. The van der Waals surface area contributed by atoms with Gasteiger partial charge in [0.2, 0.25) is 11.8 Å². The van der Waals surface area contributed by atoms with E-state index in [0.29, 0.717) is 6.42 Å². The number of hydrogen-bond acceptors (Lipinski definition) is 5. The van der Waals surface area contributed by atoms with Gasteiger partial charge in [-0.25, -0.2) is 9.69 Å². The van der Waals surface area contributed by atoms with Crippen LogP contribution >= 0.6 is 0 Å². The molecule has 2 rings (SSSR count). The van der Waals surface area contributed by atoms with Gasteiger partial charge in [0.15, 0.2) is 0 Å². The molecule has 20 heavy (non-hydrogen) atoms. The topological polar surface area (TPSA) is 118 Å². The first-order valence-corrected chi connectivity index (χ1v) is 5.79. The molecule has 1 fully saturated rings. The molecule has 1 aliphatic rings. The third-order valence-electron chi connectivity index (χ3n) is 2.94. The molecule has 1 aromatic rings. The van der Waals surface area contributed by atoms with Gasteiger partial charge in [0, 0.05) is 18.9 Å². The summed E-state index contributed by atoms with van der Waals surface area (Å²) in [6.07, 6.45) is 0.669. The molecule has 8 nitrogen and oxygen atoms in total. The van der Waals surface area contributed by atoms with Crippen molar-refractivity contribution in [3.8, 4) is 0 Å². The molecule has 0 aliphatic carbocycles. The van der Waals surface area contributed by atoms with E-state index in [-0.39, 0.29) is 24.1 Å². The monoisotopic (exact) mass is 278 g/mol. The molecule has 1 saturated heterocycles. The lowest BCUT2D eigenvalue weighted by atomic mass is 10.1. The zero-order chi connectivity index (χ0) is 14.9. The lowest BCUT2D eigenvalue weighted by molar-refractivity contribution is -0.384. The number of carbonyl (C=O) groups excluding carboxylic acids is 2. The molecule has 8 heteroatoms. The summed E-state index contributed by atoms with van der Waals surface area (Å²) < 4.78 is 0. The Bertz CT molecular complexity index is 608. The number of nitro benzene ring substituents is 1. The number of amides is 2. The Labute approximate surface area is 112 Å². The predicted molar refractivity (Wildman–Crippen MR) is 66.4 cm³/mol. The fourth-order valence-corrected chi connectivity index (χ4v) is 2.01. The zero-order valence-corrected chi connectivity index (χ0v) is 10.2. The quantitative estimate of drug-likeness (QED) is 0.506. The molecule has 1 heterocycles. The molecule has 0 saturated carbocycles. The maximum absolute atomic E-state index is 11.8. The standard InChI is InChI=1S/C12H10N2O6/c15-10-2-1-3-11(16)13(10)8-5-4-7(12(17)18)6-9(8)14(19)20/h4-6H,1-3H2,(H,17,18). The van der Waals surface area contributed by atoms with Crippen molar-refractivity contribution in [3.63, 3.8) is 0 Å². The Hall–Kier alpha value is -2.77. The van der Waals surface area contributed by atoms with E-state index in [4.69, 9.17) is 5.11 Å². The second-order valence-corrected chi connectivity index (χ2v) is 4.24. The van der Waals surface area contributed by atoms with Crippen LogP contribution in [0.3, 0.4) is 0 Å². The molecule has 0 unspecified atom stereocenters. The third kappa shape index (κ3) is 2.35. The van der Waals surface area contributed by atoms with Gasteiger partial charge < -0.3 is 5.11 Å². The summed E-state index contributed by atoms with van der Waals surface area (Å²) in [6.45, 7) is 0. The van der Waals surface area contributed by atoms with Gasteiger partial charge in [-0.05, 0) is 18.6 Å². The number of hydrogen-bond donors (Lipinski definition) is 1. The van der Waals surface area contributed by atoms with Crippen LogP contribution in [0.25, 0.3) is 0 Å². The second-order valence-electron chi connectivity index (χ2n) is 4.24. The SMILES string of the molecule is O=C(O)c1ccc(N2C(=O)CCCC2=O)c([N+](=O)[O-])c1. The molecule has 0 bridgehead atoms. The van der Waals surface area contributed by atoms with Crippen LogP contribution in [0.1, 0.15) is 29.6 Å². The number of imide groups is 1.